The van der Waals surface area contributed by atoms with Gasteiger partial charge in [-0.1, -0.05) is 12.8 Å². The molecule has 2 aliphatic rings. The second-order valence-corrected chi connectivity index (χ2v) is 8.19. The molecule has 8 nitrogen and oxygen atoms in total. The molecule has 0 bridgehead atoms. The zero-order valence-electron chi connectivity index (χ0n) is 17.9. The van der Waals surface area contributed by atoms with Gasteiger partial charge in [0.1, 0.15) is 5.82 Å². The van der Waals surface area contributed by atoms with Gasteiger partial charge in [-0.25, -0.2) is 9.48 Å². The first-order valence-corrected chi connectivity index (χ1v) is 10.8. The molecule has 2 heterocycles. The van der Waals surface area contributed by atoms with Crippen LogP contribution in [-0.2, 0) is 24.2 Å². The lowest BCUT2D eigenvalue weighted by atomic mass is 9.83. The monoisotopic (exact) mass is 520 g/mol. The van der Waals surface area contributed by atoms with Crippen LogP contribution in [0.1, 0.15) is 57.2 Å². The number of fused-ring (bicyclic) bond motifs is 1. The molecule has 166 valence electrons. The van der Waals surface area contributed by atoms with E-state index in [4.69, 9.17) is 4.74 Å². The van der Waals surface area contributed by atoms with E-state index in [-0.39, 0.29) is 29.7 Å². The lowest BCUT2D eigenvalue weighted by molar-refractivity contribution is 0.138. The molecule has 1 saturated carbocycles. The summed E-state index contributed by atoms with van der Waals surface area (Å²) in [5, 5.41) is 11.4. The summed E-state index contributed by atoms with van der Waals surface area (Å²) in [7, 11) is 3.58. The number of guanidine groups is 1. The number of methoxy groups -OCH3 is 1. The van der Waals surface area contributed by atoms with Crippen LogP contribution in [0.4, 0.5) is 0 Å². The summed E-state index contributed by atoms with van der Waals surface area (Å²) < 4.78 is 8.77. The fourth-order valence-corrected chi connectivity index (χ4v) is 4.48. The van der Waals surface area contributed by atoms with Crippen LogP contribution in [0.15, 0.2) is 9.79 Å². The van der Waals surface area contributed by atoms with E-state index in [9.17, 15) is 4.79 Å². The Balaban J connectivity index is 0.00000300. The fraction of sp³-hybridized carbons (Fsp3) is 0.850. The Hall–Kier alpha value is -1.10. The Morgan fingerprint density at radius 1 is 1.24 bits per heavy atom. The van der Waals surface area contributed by atoms with Crippen molar-refractivity contribution >= 4 is 29.9 Å². The van der Waals surface area contributed by atoms with E-state index in [1.54, 1.807) is 18.8 Å². The van der Waals surface area contributed by atoms with Crippen LogP contribution in [0.5, 0.6) is 0 Å². The normalized spacial score (nSPS) is 18.2. The molecule has 1 aromatic heterocycles. The van der Waals surface area contributed by atoms with Crippen molar-refractivity contribution in [2.24, 2.45) is 10.4 Å². The minimum absolute atomic E-state index is 0. The molecule has 2 N–H and O–H groups in total. The highest BCUT2D eigenvalue weighted by atomic mass is 127. The van der Waals surface area contributed by atoms with Crippen LogP contribution >= 0.6 is 24.0 Å². The van der Waals surface area contributed by atoms with Crippen molar-refractivity contribution in [1.29, 1.82) is 0 Å². The van der Waals surface area contributed by atoms with Gasteiger partial charge < -0.3 is 15.4 Å². The quantitative estimate of drug-likeness (QED) is 0.226. The van der Waals surface area contributed by atoms with Crippen molar-refractivity contribution in [3.63, 3.8) is 0 Å². The van der Waals surface area contributed by atoms with Crippen molar-refractivity contribution in [1.82, 2.24) is 25.0 Å². The Kier molecular flexibility index (Phi) is 9.94. The number of ether oxygens (including phenoxy) is 1. The predicted molar refractivity (Wildman–Crippen MR) is 126 cm³/mol. The van der Waals surface area contributed by atoms with Gasteiger partial charge in [-0.2, -0.15) is 5.10 Å². The van der Waals surface area contributed by atoms with Crippen molar-refractivity contribution in [3.8, 4) is 0 Å². The van der Waals surface area contributed by atoms with Gasteiger partial charge in [0.2, 0.25) is 0 Å². The first-order chi connectivity index (χ1) is 13.7. The van der Waals surface area contributed by atoms with E-state index in [0.717, 1.165) is 70.1 Å². The van der Waals surface area contributed by atoms with Gasteiger partial charge in [0.05, 0.1) is 0 Å². The topological polar surface area (TPSA) is 85.5 Å². The highest BCUT2D eigenvalue weighted by molar-refractivity contribution is 14.0. The average molecular weight is 520 g/mol. The number of halogens is 1. The maximum atomic E-state index is 12.4. The summed E-state index contributed by atoms with van der Waals surface area (Å²) in [6.45, 7) is 3.97. The predicted octanol–water partition coefficient (Wildman–Crippen LogP) is 2.15. The maximum Gasteiger partial charge on any atom is 0.345 e. The molecule has 9 heteroatoms. The number of hydrogen-bond donors (Lipinski definition) is 2. The van der Waals surface area contributed by atoms with Crippen molar-refractivity contribution in [3.05, 3.63) is 16.3 Å². The van der Waals surface area contributed by atoms with Gasteiger partial charge in [-0.3, -0.25) is 9.56 Å². The number of aliphatic imine (C=N–C) groups is 1. The molecule has 0 radical (unpaired) electrons. The van der Waals surface area contributed by atoms with E-state index in [2.05, 4.69) is 20.7 Å². The molecule has 29 heavy (non-hydrogen) atoms. The molecular formula is C20H37IN6O2. The molecule has 1 aromatic rings. The maximum absolute atomic E-state index is 12.4. The second kappa shape index (κ2) is 11.9. The summed E-state index contributed by atoms with van der Waals surface area (Å²) in [6, 6.07) is 0. The van der Waals surface area contributed by atoms with Crippen LogP contribution in [0.2, 0.25) is 0 Å². The lowest BCUT2D eigenvalue weighted by Crippen LogP contribution is -2.43. The van der Waals surface area contributed by atoms with Gasteiger partial charge in [0, 0.05) is 53.4 Å². The highest BCUT2D eigenvalue weighted by Crippen LogP contribution is 2.40. The summed E-state index contributed by atoms with van der Waals surface area (Å²) in [6.07, 6.45) is 10.2. The van der Waals surface area contributed by atoms with E-state index < -0.39 is 0 Å². The summed E-state index contributed by atoms with van der Waals surface area (Å²) in [5.74, 6) is 1.78. The number of aryl methyl sites for hydroxylation is 2. The van der Waals surface area contributed by atoms with E-state index in [1.807, 2.05) is 4.57 Å². The van der Waals surface area contributed by atoms with Crippen molar-refractivity contribution < 1.29 is 4.74 Å². The first kappa shape index (κ1) is 24.2. The van der Waals surface area contributed by atoms with E-state index >= 15 is 0 Å². The molecule has 0 aromatic carbocycles. The lowest BCUT2D eigenvalue weighted by Gasteiger charge is -2.29. The van der Waals surface area contributed by atoms with Crippen LogP contribution in [0.25, 0.3) is 0 Å². The third-order valence-electron chi connectivity index (χ3n) is 6.23. The molecule has 1 aliphatic carbocycles. The Morgan fingerprint density at radius 3 is 2.72 bits per heavy atom. The Bertz CT molecular complexity index is 708. The zero-order chi connectivity index (χ0) is 19.8. The van der Waals surface area contributed by atoms with Crippen LogP contribution in [-0.4, -0.2) is 54.2 Å². The van der Waals surface area contributed by atoms with Gasteiger partial charge >= 0.3 is 5.69 Å². The second-order valence-electron chi connectivity index (χ2n) is 8.19. The van der Waals surface area contributed by atoms with E-state index in [1.165, 1.54) is 25.7 Å². The molecule has 1 aliphatic heterocycles. The molecule has 3 rings (SSSR count). The van der Waals surface area contributed by atoms with Crippen molar-refractivity contribution in [2.45, 2.75) is 70.9 Å². The first-order valence-electron chi connectivity index (χ1n) is 10.8. The molecule has 0 saturated heterocycles. The van der Waals surface area contributed by atoms with Gasteiger partial charge in [-0.15, -0.1) is 24.0 Å². The number of nitrogens with one attached hydrogen (secondary N) is 2. The number of nitrogens with zero attached hydrogens (tertiary/aromatic N) is 4. The molecule has 0 atom stereocenters. The minimum Gasteiger partial charge on any atom is -0.385 e. The van der Waals surface area contributed by atoms with Gasteiger partial charge in [0.25, 0.3) is 0 Å². The number of rotatable bonds is 9. The highest BCUT2D eigenvalue weighted by Gasteiger charge is 2.33. The molecule has 1 fully saturated rings. The third kappa shape index (κ3) is 6.44. The van der Waals surface area contributed by atoms with Crippen molar-refractivity contribution in [2.75, 3.05) is 33.9 Å². The Labute approximate surface area is 190 Å². The smallest absolute Gasteiger partial charge is 0.345 e. The standard InChI is InChI=1S/C20H36N6O2.HI/c1-21-18(23-16-20(11-15-28-2)9-4-5-10-20)22-12-7-14-26-19(27)25-13-6-3-8-17(25)24-26;/h3-16H2,1-2H3,(H2,21,22,23);1H. The van der Waals surface area contributed by atoms with Crippen LogP contribution < -0.4 is 16.3 Å². The van der Waals surface area contributed by atoms with Gasteiger partial charge in [0.15, 0.2) is 5.96 Å². The molecule has 0 unspecified atom stereocenters. The summed E-state index contributed by atoms with van der Waals surface area (Å²) in [4.78, 5) is 16.7. The van der Waals surface area contributed by atoms with Gasteiger partial charge in [-0.05, 0) is 43.9 Å². The van der Waals surface area contributed by atoms with E-state index in [0.29, 0.717) is 12.0 Å². The number of hydrogen-bond acceptors (Lipinski definition) is 4. The minimum atomic E-state index is 0. The average Bonchev–Trinajstić information content (AvgIpc) is 3.31. The summed E-state index contributed by atoms with van der Waals surface area (Å²) >= 11 is 0. The molecule has 0 amide bonds. The Morgan fingerprint density at radius 2 is 2.03 bits per heavy atom. The zero-order valence-corrected chi connectivity index (χ0v) is 20.2. The number of aromatic nitrogens is 3. The molecule has 0 spiro atoms. The largest absolute Gasteiger partial charge is 0.385 e. The third-order valence-corrected chi connectivity index (χ3v) is 6.23. The SMILES string of the molecule is CN=C(NCCCn1nc2n(c1=O)CCCC2)NCC1(CCOC)CCCC1.I. The fourth-order valence-electron chi connectivity index (χ4n) is 4.48. The van der Waals surface area contributed by atoms with Crippen LogP contribution in [0.3, 0.4) is 0 Å². The van der Waals surface area contributed by atoms with Crippen LogP contribution in [0, 0.1) is 5.41 Å². The summed E-state index contributed by atoms with van der Waals surface area (Å²) in [5.41, 5.74) is 0.370. The molecular weight excluding hydrogens is 483 g/mol.